The van der Waals surface area contributed by atoms with E-state index >= 15 is 0 Å². The van der Waals surface area contributed by atoms with Crippen LogP contribution in [0.2, 0.25) is 0 Å². The number of aliphatic hydroxyl groups is 1. The molecular weight excluding hydrogens is 172 g/mol. The Morgan fingerprint density at radius 3 is 2.85 bits per heavy atom. The van der Waals surface area contributed by atoms with Gasteiger partial charge in [0.05, 0.1) is 12.1 Å². The lowest BCUT2D eigenvalue weighted by molar-refractivity contribution is -0.177. The standard InChI is InChI=1S/C8H16N2O3/c1-5(11)10-7-3-2-6(4-9)13-8(7)12/h6-8,12H,2-4,9H2,1H3,(H,10,11)/t6-,7+,8-/m0/s1. The number of nitrogens with one attached hydrogen (secondary N) is 1. The van der Waals surface area contributed by atoms with Crippen LogP contribution in [0.1, 0.15) is 19.8 Å². The average molecular weight is 188 g/mol. The zero-order valence-electron chi connectivity index (χ0n) is 7.69. The molecule has 1 saturated heterocycles. The molecule has 1 heterocycles. The molecule has 1 rings (SSSR count). The number of carbonyl (C=O) groups excluding carboxylic acids is 1. The van der Waals surface area contributed by atoms with E-state index in [0.29, 0.717) is 13.0 Å². The lowest BCUT2D eigenvalue weighted by atomic mass is 10.0. The number of hydrogen-bond acceptors (Lipinski definition) is 4. The van der Waals surface area contributed by atoms with Gasteiger partial charge in [-0.1, -0.05) is 0 Å². The summed E-state index contributed by atoms with van der Waals surface area (Å²) in [4.78, 5) is 10.7. The minimum Gasteiger partial charge on any atom is -0.366 e. The monoisotopic (exact) mass is 188 g/mol. The fraction of sp³-hybridized carbons (Fsp3) is 0.875. The third kappa shape index (κ3) is 2.95. The van der Waals surface area contributed by atoms with E-state index in [9.17, 15) is 9.90 Å². The highest BCUT2D eigenvalue weighted by molar-refractivity contribution is 5.73. The van der Waals surface area contributed by atoms with Crippen molar-refractivity contribution in [3.05, 3.63) is 0 Å². The van der Waals surface area contributed by atoms with Crippen LogP contribution < -0.4 is 11.1 Å². The molecule has 5 nitrogen and oxygen atoms in total. The molecule has 0 aromatic heterocycles. The van der Waals surface area contributed by atoms with Gasteiger partial charge in [0.25, 0.3) is 0 Å². The van der Waals surface area contributed by atoms with Gasteiger partial charge in [0.1, 0.15) is 0 Å². The second-order valence-electron chi connectivity index (χ2n) is 3.27. The summed E-state index contributed by atoms with van der Waals surface area (Å²) in [6, 6.07) is -0.291. The summed E-state index contributed by atoms with van der Waals surface area (Å²) >= 11 is 0. The van der Waals surface area contributed by atoms with Gasteiger partial charge in [-0.2, -0.15) is 0 Å². The van der Waals surface area contributed by atoms with Crippen LogP contribution in [0.5, 0.6) is 0 Å². The fourth-order valence-electron chi connectivity index (χ4n) is 1.45. The first kappa shape index (κ1) is 10.4. The Morgan fingerprint density at radius 2 is 2.38 bits per heavy atom. The lowest BCUT2D eigenvalue weighted by Crippen LogP contribution is -2.50. The molecule has 0 aromatic rings. The summed E-state index contributed by atoms with van der Waals surface area (Å²) in [5.41, 5.74) is 5.39. The van der Waals surface area contributed by atoms with Gasteiger partial charge in [0.2, 0.25) is 5.91 Å². The Balaban J connectivity index is 2.39. The first-order chi connectivity index (χ1) is 6.13. The predicted molar refractivity (Wildman–Crippen MR) is 46.8 cm³/mol. The molecular formula is C8H16N2O3. The fourth-order valence-corrected chi connectivity index (χ4v) is 1.45. The number of rotatable bonds is 2. The molecule has 1 fully saturated rings. The summed E-state index contributed by atoms with van der Waals surface area (Å²) in [5, 5.41) is 12.0. The van der Waals surface area contributed by atoms with Gasteiger partial charge in [-0.15, -0.1) is 0 Å². The summed E-state index contributed by atoms with van der Waals surface area (Å²) in [7, 11) is 0. The second-order valence-corrected chi connectivity index (χ2v) is 3.27. The number of ether oxygens (including phenoxy) is 1. The molecule has 1 aliphatic heterocycles. The van der Waals surface area contributed by atoms with Gasteiger partial charge in [-0.05, 0) is 12.8 Å². The molecule has 1 aliphatic rings. The Bertz CT molecular complexity index is 186. The van der Waals surface area contributed by atoms with Crippen LogP contribution in [0.3, 0.4) is 0 Å². The molecule has 3 atom stereocenters. The predicted octanol–water partition coefficient (Wildman–Crippen LogP) is -1.05. The van der Waals surface area contributed by atoms with E-state index in [4.69, 9.17) is 10.5 Å². The normalized spacial score (nSPS) is 34.2. The quantitative estimate of drug-likeness (QED) is 0.516. The van der Waals surface area contributed by atoms with Crippen molar-refractivity contribution in [1.82, 2.24) is 5.32 Å². The first-order valence-electron chi connectivity index (χ1n) is 4.44. The molecule has 0 radical (unpaired) electrons. The molecule has 13 heavy (non-hydrogen) atoms. The molecule has 0 saturated carbocycles. The molecule has 0 spiro atoms. The van der Waals surface area contributed by atoms with E-state index in [1.54, 1.807) is 0 Å². The van der Waals surface area contributed by atoms with E-state index in [1.807, 2.05) is 0 Å². The van der Waals surface area contributed by atoms with Crippen LogP contribution in [0.4, 0.5) is 0 Å². The van der Waals surface area contributed by atoms with E-state index in [0.717, 1.165) is 6.42 Å². The van der Waals surface area contributed by atoms with Crippen LogP contribution in [-0.4, -0.2) is 36.0 Å². The van der Waals surface area contributed by atoms with Crippen LogP contribution in [-0.2, 0) is 9.53 Å². The minimum atomic E-state index is -0.925. The van der Waals surface area contributed by atoms with E-state index in [2.05, 4.69) is 5.32 Å². The third-order valence-corrected chi connectivity index (χ3v) is 2.13. The Morgan fingerprint density at radius 1 is 1.69 bits per heavy atom. The molecule has 0 bridgehead atoms. The van der Waals surface area contributed by atoms with Crippen LogP contribution in [0.15, 0.2) is 0 Å². The van der Waals surface area contributed by atoms with Crippen LogP contribution in [0, 0.1) is 0 Å². The van der Waals surface area contributed by atoms with E-state index < -0.39 is 6.29 Å². The molecule has 0 unspecified atom stereocenters. The van der Waals surface area contributed by atoms with Crippen molar-refractivity contribution in [2.75, 3.05) is 6.54 Å². The highest BCUT2D eigenvalue weighted by Gasteiger charge is 2.29. The smallest absolute Gasteiger partial charge is 0.217 e. The number of aliphatic hydroxyl groups excluding tert-OH is 1. The number of amides is 1. The lowest BCUT2D eigenvalue weighted by Gasteiger charge is -2.33. The second kappa shape index (κ2) is 4.55. The van der Waals surface area contributed by atoms with Crippen molar-refractivity contribution in [3.63, 3.8) is 0 Å². The highest BCUT2D eigenvalue weighted by atomic mass is 16.6. The van der Waals surface area contributed by atoms with Gasteiger partial charge in [-0.3, -0.25) is 4.79 Å². The van der Waals surface area contributed by atoms with Gasteiger partial charge in [-0.25, -0.2) is 0 Å². The number of carbonyl (C=O) groups is 1. The van der Waals surface area contributed by atoms with Gasteiger partial charge in [0.15, 0.2) is 6.29 Å². The Labute approximate surface area is 77.2 Å². The van der Waals surface area contributed by atoms with E-state index in [-0.39, 0.29) is 18.1 Å². The maximum Gasteiger partial charge on any atom is 0.217 e. The first-order valence-corrected chi connectivity index (χ1v) is 4.44. The molecule has 0 aromatic carbocycles. The third-order valence-electron chi connectivity index (χ3n) is 2.13. The summed E-state index contributed by atoms with van der Waals surface area (Å²) in [6.07, 6.45) is 0.479. The Kier molecular flexibility index (Phi) is 3.65. The van der Waals surface area contributed by atoms with Gasteiger partial charge in [0, 0.05) is 13.5 Å². The molecule has 0 aliphatic carbocycles. The highest BCUT2D eigenvalue weighted by Crippen LogP contribution is 2.17. The van der Waals surface area contributed by atoms with Crippen molar-refractivity contribution >= 4 is 5.91 Å². The largest absolute Gasteiger partial charge is 0.366 e. The zero-order valence-corrected chi connectivity index (χ0v) is 7.69. The van der Waals surface area contributed by atoms with Crippen LogP contribution >= 0.6 is 0 Å². The van der Waals surface area contributed by atoms with Crippen molar-refractivity contribution in [1.29, 1.82) is 0 Å². The number of nitrogens with two attached hydrogens (primary N) is 1. The van der Waals surface area contributed by atoms with Gasteiger partial charge < -0.3 is 20.9 Å². The zero-order chi connectivity index (χ0) is 9.84. The Hall–Kier alpha value is -0.650. The minimum absolute atomic E-state index is 0.0833. The maximum absolute atomic E-state index is 10.7. The molecule has 76 valence electrons. The summed E-state index contributed by atoms with van der Waals surface area (Å²) < 4.78 is 5.16. The van der Waals surface area contributed by atoms with E-state index in [1.165, 1.54) is 6.92 Å². The van der Waals surface area contributed by atoms with Crippen LogP contribution in [0.25, 0.3) is 0 Å². The number of hydrogen-bond donors (Lipinski definition) is 3. The van der Waals surface area contributed by atoms with Crippen molar-refractivity contribution in [2.45, 2.75) is 38.2 Å². The average Bonchev–Trinajstić information content (AvgIpc) is 2.08. The molecule has 4 N–H and O–H groups in total. The van der Waals surface area contributed by atoms with Crippen molar-refractivity contribution in [2.24, 2.45) is 5.73 Å². The maximum atomic E-state index is 10.7. The van der Waals surface area contributed by atoms with Gasteiger partial charge >= 0.3 is 0 Å². The molecule has 5 heteroatoms. The summed E-state index contributed by atoms with van der Waals surface area (Å²) in [5.74, 6) is -0.154. The topological polar surface area (TPSA) is 84.6 Å². The van der Waals surface area contributed by atoms with Crippen molar-refractivity contribution in [3.8, 4) is 0 Å². The van der Waals surface area contributed by atoms with Crippen molar-refractivity contribution < 1.29 is 14.6 Å². The molecule has 1 amide bonds. The summed E-state index contributed by atoms with van der Waals surface area (Å²) in [6.45, 7) is 1.82. The SMILES string of the molecule is CC(=O)N[C@@H]1CC[C@@H](CN)O[C@@H]1O.